The predicted molar refractivity (Wildman–Crippen MR) is 117 cm³/mol. The van der Waals surface area contributed by atoms with Gasteiger partial charge in [0.25, 0.3) is 5.91 Å². The third-order valence-electron chi connectivity index (χ3n) is 4.68. The number of nitrogens with one attached hydrogen (secondary N) is 1. The highest BCUT2D eigenvalue weighted by molar-refractivity contribution is 5.99. The van der Waals surface area contributed by atoms with Gasteiger partial charge in [0, 0.05) is 28.3 Å². The molecule has 3 rings (SSSR count). The highest BCUT2D eigenvalue weighted by Crippen LogP contribution is 2.20. The van der Waals surface area contributed by atoms with Crippen LogP contribution in [0.25, 0.3) is 5.69 Å². The van der Waals surface area contributed by atoms with Crippen LogP contribution in [0, 0.1) is 13.8 Å². The Kier molecular flexibility index (Phi) is 6.32. The molecule has 0 fully saturated rings. The number of carbonyl (C=O) groups is 2. The number of benzene rings is 2. The fourth-order valence-corrected chi connectivity index (χ4v) is 3.20. The maximum absolute atomic E-state index is 12.2. The molecule has 1 aromatic heterocycles. The quantitative estimate of drug-likeness (QED) is 0.284. The van der Waals surface area contributed by atoms with Gasteiger partial charge in [0.1, 0.15) is 0 Å². The van der Waals surface area contributed by atoms with Crippen LogP contribution in [0.1, 0.15) is 44.6 Å². The Bertz CT molecular complexity index is 1100. The number of ether oxygens (including phenoxy) is 1. The molecule has 3 N–H and O–H groups in total. The van der Waals surface area contributed by atoms with E-state index in [9.17, 15) is 9.59 Å². The number of nitrogen functional groups attached to an aromatic ring is 1. The normalized spacial score (nSPS) is 10.9. The Morgan fingerprint density at radius 3 is 2.50 bits per heavy atom. The largest absolute Gasteiger partial charge is 0.462 e. The smallest absolute Gasteiger partial charge is 0.338 e. The minimum Gasteiger partial charge on any atom is -0.462 e. The number of aromatic nitrogens is 1. The van der Waals surface area contributed by atoms with Gasteiger partial charge in [0.05, 0.1) is 23.9 Å². The predicted octanol–water partition coefficient (Wildman–Crippen LogP) is 3.62. The van der Waals surface area contributed by atoms with Crippen LogP contribution in [0.5, 0.6) is 0 Å². The second kappa shape index (κ2) is 9.09. The maximum Gasteiger partial charge on any atom is 0.338 e. The molecule has 1 amide bonds. The zero-order valence-electron chi connectivity index (χ0n) is 17.2. The lowest BCUT2D eigenvalue weighted by Crippen LogP contribution is -2.19. The average molecular weight is 404 g/mol. The van der Waals surface area contributed by atoms with E-state index in [2.05, 4.69) is 10.5 Å². The molecule has 7 nitrogen and oxygen atoms in total. The van der Waals surface area contributed by atoms with Crippen LogP contribution in [0.15, 0.2) is 59.7 Å². The Labute approximate surface area is 175 Å². The molecule has 30 heavy (non-hydrogen) atoms. The van der Waals surface area contributed by atoms with Crippen molar-refractivity contribution in [2.24, 2.45) is 5.10 Å². The fourth-order valence-electron chi connectivity index (χ4n) is 3.20. The number of hydrazone groups is 1. The van der Waals surface area contributed by atoms with E-state index in [1.54, 1.807) is 49.5 Å². The van der Waals surface area contributed by atoms with E-state index in [-0.39, 0.29) is 11.9 Å². The van der Waals surface area contributed by atoms with Crippen molar-refractivity contribution in [3.63, 3.8) is 0 Å². The molecule has 0 radical (unpaired) electrons. The number of carbonyl (C=O) groups excluding carboxylic acids is 2. The lowest BCUT2D eigenvalue weighted by molar-refractivity contribution is 0.0526. The summed E-state index contributed by atoms with van der Waals surface area (Å²) in [5.74, 6) is -0.708. The lowest BCUT2D eigenvalue weighted by Gasteiger charge is -2.10. The minimum atomic E-state index is -0.368. The van der Waals surface area contributed by atoms with Gasteiger partial charge in [0.2, 0.25) is 0 Å². The molecule has 0 spiro atoms. The lowest BCUT2D eigenvalue weighted by atomic mass is 10.2. The van der Waals surface area contributed by atoms with Gasteiger partial charge >= 0.3 is 5.97 Å². The summed E-state index contributed by atoms with van der Waals surface area (Å²) in [7, 11) is 0. The Morgan fingerprint density at radius 1 is 1.13 bits per heavy atom. The van der Waals surface area contributed by atoms with Gasteiger partial charge in [-0.05, 0) is 63.2 Å². The number of nitrogens with zero attached hydrogens (tertiary/aromatic N) is 2. The highest BCUT2D eigenvalue weighted by atomic mass is 16.5. The van der Waals surface area contributed by atoms with Crippen LogP contribution < -0.4 is 11.2 Å². The Hall–Kier alpha value is -3.87. The van der Waals surface area contributed by atoms with Gasteiger partial charge in [-0.1, -0.05) is 12.1 Å². The van der Waals surface area contributed by atoms with Crippen molar-refractivity contribution >= 4 is 23.8 Å². The second-order valence-electron chi connectivity index (χ2n) is 6.72. The molecule has 0 saturated heterocycles. The molecular formula is C23H24N4O3. The van der Waals surface area contributed by atoms with Crippen molar-refractivity contribution in [3.05, 3.63) is 82.7 Å². The molecule has 154 valence electrons. The van der Waals surface area contributed by atoms with E-state index < -0.39 is 0 Å². The summed E-state index contributed by atoms with van der Waals surface area (Å²) in [6.07, 6.45) is 1.60. The molecule has 1 heterocycles. The molecular weight excluding hydrogens is 380 g/mol. The van der Waals surface area contributed by atoms with Crippen molar-refractivity contribution < 1.29 is 14.3 Å². The summed E-state index contributed by atoms with van der Waals surface area (Å²) in [6, 6.07) is 16.0. The van der Waals surface area contributed by atoms with Gasteiger partial charge < -0.3 is 15.0 Å². The monoisotopic (exact) mass is 404 g/mol. The first kappa shape index (κ1) is 20.9. The van der Waals surface area contributed by atoms with E-state index in [4.69, 9.17) is 10.5 Å². The number of anilines is 1. The summed E-state index contributed by atoms with van der Waals surface area (Å²) >= 11 is 0. The van der Waals surface area contributed by atoms with Crippen LogP contribution in [0.2, 0.25) is 0 Å². The van der Waals surface area contributed by atoms with Gasteiger partial charge in [-0.25, -0.2) is 10.2 Å². The van der Waals surface area contributed by atoms with Crippen LogP contribution in [0.4, 0.5) is 5.69 Å². The topological polar surface area (TPSA) is 98.7 Å². The first-order valence-electron chi connectivity index (χ1n) is 9.56. The number of esters is 1. The molecule has 0 atom stereocenters. The molecule has 0 aliphatic heterocycles. The molecule has 0 bridgehead atoms. The third-order valence-corrected chi connectivity index (χ3v) is 4.68. The van der Waals surface area contributed by atoms with Crippen LogP contribution in [-0.4, -0.2) is 29.3 Å². The third kappa shape index (κ3) is 4.41. The van der Waals surface area contributed by atoms with Crippen molar-refractivity contribution in [1.29, 1.82) is 0 Å². The fraction of sp³-hybridized carbons (Fsp3) is 0.174. The summed E-state index contributed by atoms with van der Waals surface area (Å²) in [5.41, 5.74) is 13.3. The van der Waals surface area contributed by atoms with Crippen molar-refractivity contribution in [2.75, 3.05) is 12.3 Å². The summed E-state index contributed by atoms with van der Waals surface area (Å²) in [6.45, 7) is 6.06. The SMILES string of the molecule is CCOC(=O)c1ccc(-n2c(C)cc(/C=N\NC(=O)c3ccccc3N)c2C)cc1. The summed E-state index contributed by atoms with van der Waals surface area (Å²) in [5, 5.41) is 4.07. The molecule has 7 heteroatoms. The number of para-hydroxylation sites is 1. The van der Waals surface area contributed by atoms with Crippen molar-refractivity contribution in [1.82, 2.24) is 9.99 Å². The highest BCUT2D eigenvalue weighted by Gasteiger charge is 2.12. The van der Waals surface area contributed by atoms with E-state index in [1.165, 1.54) is 0 Å². The molecule has 0 saturated carbocycles. The zero-order valence-corrected chi connectivity index (χ0v) is 17.2. The molecule has 0 aliphatic rings. The van der Waals surface area contributed by atoms with Gasteiger partial charge in [-0.2, -0.15) is 5.10 Å². The van der Waals surface area contributed by atoms with E-state index >= 15 is 0 Å². The number of amides is 1. The molecule has 0 unspecified atom stereocenters. The van der Waals surface area contributed by atoms with Crippen LogP contribution in [0.3, 0.4) is 0 Å². The van der Waals surface area contributed by atoms with E-state index in [1.807, 2.05) is 36.6 Å². The number of aryl methyl sites for hydroxylation is 1. The number of hydrogen-bond acceptors (Lipinski definition) is 5. The van der Waals surface area contributed by atoms with E-state index in [0.717, 1.165) is 22.6 Å². The first-order chi connectivity index (χ1) is 14.4. The Balaban J connectivity index is 1.77. The number of rotatable bonds is 6. The standard InChI is InChI=1S/C23H24N4O3/c1-4-30-23(29)17-9-11-19(12-10-17)27-15(2)13-18(16(27)3)14-25-26-22(28)20-7-5-6-8-21(20)24/h5-14H,4,24H2,1-3H3,(H,26,28)/b25-14-. The zero-order chi connectivity index (χ0) is 21.7. The number of nitrogens with two attached hydrogens (primary N) is 1. The average Bonchev–Trinajstić information content (AvgIpc) is 3.01. The van der Waals surface area contributed by atoms with Crippen LogP contribution >= 0.6 is 0 Å². The second-order valence-corrected chi connectivity index (χ2v) is 6.72. The Morgan fingerprint density at radius 2 is 1.83 bits per heavy atom. The van der Waals surface area contributed by atoms with Crippen molar-refractivity contribution in [2.45, 2.75) is 20.8 Å². The molecule has 3 aromatic rings. The maximum atomic E-state index is 12.2. The van der Waals surface area contributed by atoms with Gasteiger partial charge in [-0.15, -0.1) is 0 Å². The van der Waals surface area contributed by atoms with Crippen molar-refractivity contribution in [3.8, 4) is 5.69 Å². The summed E-state index contributed by atoms with van der Waals surface area (Å²) in [4.78, 5) is 24.1. The number of hydrogen-bond donors (Lipinski definition) is 2. The first-order valence-corrected chi connectivity index (χ1v) is 9.56. The van der Waals surface area contributed by atoms with Gasteiger partial charge in [-0.3, -0.25) is 4.79 Å². The minimum absolute atomic E-state index is 0.340. The van der Waals surface area contributed by atoms with Crippen LogP contribution in [-0.2, 0) is 4.74 Å². The summed E-state index contributed by atoms with van der Waals surface area (Å²) < 4.78 is 7.07. The molecule has 2 aromatic carbocycles. The van der Waals surface area contributed by atoms with E-state index in [0.29, 0.717) is 23.4 Å². The van der Waals surface area contributed by atoms with Gasteiger partial charge in [0.15, 0.2) is 0 Å². The molecule has 0 aliphatic carbocycles.